The van der Waals surface area contributed by atoms with Crippen LogP contribution in [0.2, 0.25) is 0 Å². The first-order valence-corrected chi connectivity index (χ1v) is 9.90. The summed E-state index contributed by atoms with van der Waals surface area (Å²) in [5, 5.41) is 1.08. The number of aromatic nitrogens is 2. The highest BCUT2D eigenvalue weighted by Gasteiger charge is 2.41. The molecule has 1 aromatic heterocycles. The Labute approximate surface area is 182 Å². The molecule has 0 radical (unpaired) electrons. The van der Waals surface area contributed by atoms with E-state index in [0.717, 1.165) is 17.2 Å². The maximum atomic E-state index is 12.9. The van der Waals surface area contributed by atoms with Crippen molar-refractivity contribution in [3.63, 3.8) is 0 Å². The number of hydrogen-bond donors (Lipinski definition) is 0. The number of halogens is 3. The van der Waals surface area contributed by atoms with Gasteiger partial charge in [0.25, 0.3) is 5.91 Å². The number of carbonyl (C=O) groups excluding carboxylic acids is 2. The molecule has 0 N–H and O–H groups in total. The van der Waals surface area contributed by atoms with Crippen LogP contribution in [-0.2, 0) is 20.5 Å². The number of nitrogens with zero attached hydrogens (tertiary/aromatic N) is 4. The summed E-state index contributed by atoms with van der Waals surface area (Å²) in [6, 6.07) is 4.20. The van der Waals surface area contributed by atoms with E-state index in [0.29, 0.717) is 18.5 Å². The lowest BCUT2D eigenvalue weighted by molar-refractivity contribution is -0.170. The first kappa shape index (κ1) is 23.5. The summed E-state index contributed by atoms with van der Waals surface area (Å²) in [5.41, 5.74) is 0.105. The molecule has 1 aromatic carbocycles. The predicted molar refractivity (Wildman–Crippen MR) is 108 cm³/mol. The van der Waals surface area contributed by atoms with Crippen LogP contribution in [0.4, 0.5) is 19.1 Å². The summed E-state index contributed by atoms with van der Waals surface area (Å²) in [7, 11) is 2.83. The van der Waals surface area contributed by atoms with Gasteiger partial charge >= 0.3 is 12.1 Å². The van der Waals surface area contributed by atoms with Gasteiger partial charge in [-0.3, -0.25) is 9.63 Å². The van der Waals surface area contributed by atoms with Crippen molar-refractivity contribution in [2.75, 3.05) is 32.2 Å². The van der Waals surface area contributed by atoms with Gasteiger partial charge in [0.15, 0.2) is 0 Å². The van der Waals surface area contributed by atoms with Crippen LogP contribution >= 0.6 is 0 Å². The minimum atomic E-state index is -4.42. The van der Waals surface area contributed by atoms with Crippen LogP contribution in [0.5, 0.6) is 0 Å². The van der Waals surface area contributed by atoms with E-state index in [1.165, 1.54) is 38.7 Å². The Morgan fingerprint density at radius 1 is 1.19 bits per heavy atom. The van der Waals surface area contributed by atoms with Crippen LogP contribution in [0.25, 0.3) is 0 Å². The predicted octanol–water partition coefficient (Wildman–Crippen LogP) is 3.05. The number of hydrogen-bond acceptors (Lipinski definition) is 7. The van der Waals surface area contributed by atoms with E-state index >= 15 is 0 Å². The normalized spacial score (nSPS) is 18.5. The Kier molecular flexibility index (Phi) is 6.97. The molecule has 172 valence electrons. The molecule has 0 aliphatic carbocycles. The second kappa shape index (κ2) is 9.51. The van der Waals surface area contributed by atoms with Gasteiger partial charge < -0.3 is 9.64 Å². The average molecular weight is 452 g/mol. The summed E-state index contributed by atoms with van der Waals surface area (Å²) in [4.78, 5) is 39.8. The molecular formula is C21H23F3N4O4. The van der Waals surface area contributed by atoms with Crippen LogP contribution in [-0.4, -0.2) is 60.3 Å². The van der Waals surface area contributed by atoms with Crippen LogP contribution in [0.15, 0.2) is 36.7 Å². The Balaban J connectivity index is 1.87. The zero-order valence-corrected chi connectivity index (χ0v) is 17.8. The smallest absolute Gasteiger partial charge is 0.416 e. The van der Waals surface area contributed by atoms with Crippen LogP contribution in [0.1, 0.15) is 40.7 Å². The van der Waals surface area contributed by atoms with E-state index in [9.17, 15) is 22.8 Å². The zero-order chi connectivity index (χ0) is 23.5. The molecule has 1 saturated heterocycles. The lowest BCUT2D eigenvalue weighted by Gasteiger charge is -2.26. The molecule has 1 aliphatic rings. The molecule has 0 saturated carbocycles. The molecule has 1 amide bonds. The summed E-state index contributed by atoms with van der Waals surface area (Å²) in [6.45, 7) is 2.20. The minimum absolute atomic E-state index is 0.172. The summed E-state index contributed by atoms with van der Waals surface area (Å²) in [6.07, 6.45) is -1.46. The molecule has 0 bridgehead atoms. The molecule has 11 heteroatoms. The number of ether oxygens (including phenoxy) is 1. The fourth-order valence-electron chi connectivity index (χ4n) is 3.57. The Bertz CT molecular complexity index is 951. The van der Waals surface area contributed by atoms with Gasteiger partial charge in [0, 0.05) is 31.9 Å². The quantitative estimate of drug-likeness (QED) is 0.492. The number of amides is 1. The van der Waals surface area contributed by atoms with Crippen molar-refractivity contribution < 1.29 is 32.3 Å². The van der Waals surface area contributed by atoms with Gasteiger partial charge in [-0.1, -0.05) is 12.1 Å². The molecule has 1 unspecified atom stereocenters. The lowest BCUT2D eigenvalue weighted by atomic mass is 9.95. The zero-order valence-electron chi connectivity index (χ0n) is 17.8. The SMILES string of the molecule is CCOC(=O)c1cnc(N2CC(c3ccc(C(F)(F)F)cc3)C[C@H]2C(=O)N(C)OC)nc1. The Hall–Kier alpha value is -3.21. The van der Waals surface area contributed by atoms with Gasteiger partial charge in [0.2, 0.25) is 5.95 Å². The van der Waals surface area contributed by atoms with Gasteiger partial charge in [-0.15, -0.1) is 0 Å². The van der Waals surface area contributed by atoms with Gasteiger partial charge in [-0.2, -0.15) is 13.2 Å². The highest BCUT2D eigenvalue weighted by Crippen LogP contribution is 2.36. The van der Waals surface area contributed by atoms with Crippen molar-refractivity contribution in [2.45, 2.75) is 31.5 Å². The number of carbonyl (C=O) groups is 2. The largest absolute Gasteiger partial charge is 0.462 e. The topological polar surface area (TPSA) is 84.9 Å². The molecule has 1 aliphatic heterocycles. The standard InChI is InChI=1S/C21H23F3N4O4/c1-4-32-19(30)15-10-25-20(26-11-15)28-12-14(9-17(28)18(29)27(2)31-3)13-5-7-16(8-6-13)21(22,23)24/h5-8,10-11,14,17H,4,9,12H2,1-3H3/t14?,17-/m0/s1. The fraction of sp³-hybridized carbons (Fsp3) is 0.429. The average Bonchev–Trinajstić information content (AvgIpc) is 3.23. The summed E-state index contributed by atoms with van der Waals surface area (Å²) >= 11 is 0. The summed E-state index contributed by atoms with van der Waals surface area (Å²) < 4.78 is 43.6. The third-order valence-corrected chi connectivity index (χ3v) is 5.29. The third kappa shape index (κ3) is 4.98. The molecular weight excluding hydrogens is 429 g/mol. The number of alkyl halides is 3. The second-order valence-electron chi connectivity index (χ2n) is 7.23. The molecule has 0 spiro atoms. The Morgan fingerprint density at radius 3 is 2.34 bits per heavy atom. The molecule has 2 aromatic rings. The maximum Gasteiger partial charge on any atom is 0.416 e. The molecule has 3 rings (SSSR count). The van der Waals surface area contributed by atoms with E-state index in [2.05, 4.69) is 9.97 Å². The van der Waals surface area contributed by atoms with Crippen LogP contribution in [0.3, 0.4) is 0 Å². The highest BCUT2D eigenvalue weighted by molar-refractivity contribution is 5.89. The van der Waals surface area contributed by atoms with Crippen molar-refractivity contribution in [2.24, 2.45) is 0 Å². The fourth-order valence-corrected chi connectivity index (χ4v) is 3.57. The van der Waals surface area contributed by atoms with Crippen molar-refractivity contribution in [3.05, 3.63) is 53.3 Å². The van der Waals surface area contributed by atoms with E-state index in [-0.39, 0.29) is 29.9 Å². The number of benzene rings is 1. The molecule has 8 nitrogen and oxygen atoms in total. The lowest BCUT2D eigenvalue weighted by Crippen LogP contribution is -2.44. The summed E-state index contributed by atoms with van der Waals surface area (Å²) in [5.74, 6) is -0.921. The van der Waals surface area contributed by atoms with E-state index in [4.69, 9.17) is 9.57 Å². The first-order chi connectivity index (χ1) is 15.2. The minimum Gasteiger partial charge on any atom is -0.462 e. The molecule has 1 fully saturated rings. The first-order valence-electron chi connectivity index (χ1n) is 9.90. The molecule has 32 heavy (non-hydrogen) atoms. The van der Waals surface area contributed by atoms with E-state index < -0.39 is 23.8 Å². The van der Waals surface area contributed by atoms with Crippen molar-refractivity contribution in [3.8, 4) is 0 Å². The van der Waals surface area contributed by atoms with E-state index in [1.54, 1.807) is 11.8 Å². The monoisotopic (exact) mass is 452 g/mol. The number of hydroxylamine groups is 2. The Morgan fingerprint density at radius 2 is 1.81 bits per heavy atom. The highest BCUT2D eigenvalue weighted by atomic mass is 19.4. The van der Waals surface area contributed by atoms with Gasteiger partial charge in [0.1, 0.15) is 6.04 Å². The van der Waals surface area contributed by atoms with Gasteiger partial charge in [-0.25, -0.2) is 19.8 Å². The van der Waals surface area contributed by atoms with Crippen molar-refractivity contribution in [1.29, 1.82) is 0 Å². The number of rotatable bonds is 6. The number of likely N-dealkylation sites (N-methyl/N-ethyl adjacent to an activating group) is 1. The van der Waals surface area contributed by atoms with Crippen molar-refractivity contribution >= 4 is 17.8 Å². The van der Waals surface area contributed by atoms with Crippen LogP contribution < -0.4 is 4.90 Å². The maximum absolute atomic E-state index is 12.9. The van der Waals surface area contributed by atoms with Gasteiger partial charge in [-0.05, 0) is 31.0 Å². The number of anilines is 1. The number of esters is 1. The molecule has 2 heterocycles. The van der Waals surface area contributed by atoms with Gasteiger partial charge in [0.05, 0.1) is 24.8 Å². The third-order valence-electron chi connectivity index (χ3n) is 5.29. The van der Waals surface area contributed by atoms with Crippen LogP contribution in [0, 0.1) is 0 Å². The van der Waals surface area contributed by atoms with E-state index in [1.807, 2.05) is 0 Å². The molecule has 2 atom stereocenters. The second-order valence-corrected chi connectivity index (χ2v) is 7.23. The van der Waals surface area contributed by atoms with Crippen molar-refractivity contribution in [1.82, 2.24) is 15.0 Å².